The number of para-hydroxylation sites is 1. The monoisotopic (exact) mass is 444 g/mol. The Morgan fingerprint density at radius 2 is 1.89 bits per heavy atom. The van der Waals surface area contributed by atoms with Crippen molar-refractivity contribution in [1.29, 1.82) is 0 Å². The third-order valence-corrected chi connectivity index (χ3v) is 5.47. The van der Waals surface area contributed by atoms with Gasteiger partial charge < -0.3 is 14.3 Å². The number of imide groups is 1. The molecule has 0 spiro atoms. The van der Waals surface area contributed by atoms with E-state index in [9.17, 15) is 9.59 Å². The SMILES string of the molecule is COc1cccc(C2=NO[C@@H]3C(=O)N(c4ccc(C)cc4Br)C(=O)[C@H]23)c1OC. The number of benzene rings is 2. The standard InChI is InChI=1S/C20H17BrN2O5/c1-10-7-8-13(12(21)9-10)23-19(24)15-16(22-28-18(15)20(23)25)11-5-4-6-14(26-2)17(11)27-3/h4-9,15,18H,1-3H3/t15-,18+/m1/s1. The first-order chi connectivity index (χ1) is 13.5. The van der Waals surface area contributed by atoms with Gasteiger partial charge in [0.25, 0.3) is 5.91 Å². The van der Waals surface area contributed by atoms with Gasteiger partial charge in [0.1, 0.15) is 11.6 Å². The third-order valence-electron chi connectivity index (χ3n) is 4.84. The molecule has 144 valence electrons. The van der Waals surface area contributed by atoms with E-state index in [1.807, 2.05) is 19.1 Å². The lowest BCUT2D eigenvalue weighted by Gasteiger charge is -2.18. The van der Waals surface area contributed by atoms with Crippen molar-refractivity contribution < 1.29 is 23.9 Å². The van der Waals surface area contributed by atoms with Gasteiger partial charge in [0, 0.05) is 10.0 Å². The average Bonchev–Trinajstić information content (AvgIpc) is 3.22. The number of carbonyl (C=O) groups is 2. The molecule has 2 aromatic rings. The normalized spacial score (nSPS) is 20.7. The molecule has 0 unspecified atom stereocenters. The molecule has 2 aliphatic rings. The quantitative estimate of drug-likeness (QED) is 0.677. The minimum atomic E-state index is -0.994. The molecule has 0 aromatic heterocycles. The Hall–Kier alpha value is -2.87. The van der Waals surface area contributed by atoms with E-state index in [4.69, 9.17) is 14.3 Å². The number of halogens is 1. The Bertz CT molecular complexity index is 1020. The number of oxime groups is 1. The molecule has 0 bridgehead atoms. The van der Waals surface area contributed by atoms with Crippen molar-refractivity contribution in [3.05, 3.63) is 52.0 Å². The number of fused-ring (bicyclic) bond motifs is 1. The largest absolute Gasteiger partial charge is 0.493 e. The van der Waals surface area contributed by atoms with Crippen molar-refractivity contribution in [2.24, 2.45) is 11.1 Å². The Morgan fingerprint density at radius 3 is 2.57 bits per heavy atom. The van der Waals surface area contributed by atoms with Crippen LogP contribution < -0.4 is 14.4 Å². The van der Waals surface area contributed by atoms with E-state index in [0.29, 0.717) is 32.9 Å². The lowest BCUT2D eigenvalue weighted by atomic mass is 9.93. The summed E-state index contributed by atoms with van der Waals surface area (Å²) >= 11 is 3.44. The fourth-order valence-electron chi connectivity index (χ4n) is 3.52. The molecule has 1 fully saturated rings. The van der Waals surface area contributed by atoms with Crippen LogP contribution in [-0.4, -0.2) is 37.8 Å². The minimum Gasteiger partial charge on any atom is -0.493 e. The zero-order valence-electron chi connectivity index (χ0n) is 15.4. The molecule has 28 heavy (non-hydrogen) atoms. The number of ether oxygens (including phenoxy) is 2. The van der Waals surface area contributed by atoms with Crippen LogP contribution >= 0.6 is 15.9 Å². The van der Waals surface area contributed by atoms with E-state index in [1.54, 1.807) is 24.3 Å². The Morgan fingerprint density at radius 1 is 1.11 bits per heavy atom. The number of anilines is 1. The van der Waals surface area contributed by atoms with Crippen molar-refractivity contribution in [2.75, 3.05) is 19.1 Å². The number of methoxy groups -OCH3 is 2. The number of rotatable bonds is 4. The van der Waals surface area contributed by atoms with Crippen LogP contribution in [0.5, 0.6) is 11.5 Å². The van der Waals surface area contributed by atoms with Gasteiger partial charge in [0.2, 0.25) is 12.0 Å². The number of hydrogen-bond acceptors (Lipinski definition) is 6. The first-order valence-electron chi connectivity index (χ1n) is 8.57. The summed E-state index contributed by atoms with van der Waals surface area (Å²) in [5.41, 5.74) is 2.40. The smallest absolute Gasteiger partial charge is 0.279 e. The van der Waals surface area contributed by atoms with E-state index < -0.39 is 17.9 Å². The predicted molar refractivity (Wildman–Crippen MR) is 106 cm³/mol. The second kappa shape index (κ2) is 6.94. The molecule has 2 amide bonds. The van der Waals surface area contributed by atoms with Crippen LogP contribution in [-0.2, 0) is 14.4 Å². The lowest BCUT2D eigenvalue weighted by Crippen LogP contribution is -2.33. The van der Waals surface area contributed by atoms with E-state index in [0.717, 1.165) is 10.5 Å². The lowest BCUT2D eigenvalue weighted by molar-refractivity contribution is -0.126. The average molecular weight is 445 g/mol. The summed E-state index contributed by atoms with van der Waals surface area (Å²) in [5.74, 6) is -0.744. The summed E-state index contributed by atoms with van der Waals surface area (Å²) in [5, 5.41) is 4.04. The van der Waals surface area contributed by atoms with E-state index in [-0.39, 0.29) is 5.91 Å². The third kappa shape index (κ3) is 2.67. The number of nitrogens with zero attached hydrogens (tertiary/aromatic N) is 2. The number of amides is 2. The van der Waals surface area contributed by atoms with Crippen LogP contribution in [0.2, 0.25) is 0 Å². The minimum absolute atomic E-state index is 0.352. The van der Waals surface area contributed by atoms with Gasteiger partial charge in [-0.2, -0.15) is 0 Å². The zero-order valence-corrected chi connectivity index (χ0v) is 17.0. The van der Waals surface area contributed by atoms with Crippen LogP contribution in [0.4, 0.5) is 5.69 Å². The first kappa shape index (κ1) is 18.5. The Kier molecular flexibility index (Phi) is 4.58. The Labute approximate surface area is 170 Å². The predicted octanol–water partition coefficient (Wildman–Crippen LogP) is 3.07. The summed E-state index contributed by atoms with van der Waals surface area (Å²) in [6.07, 6.45) is -0.994. The van der Waals surface area contributed by atoms with Crippen LogP contribution in [0.25, 0.3) is 0 Å². The first-order valence-corrected chi connectivity index (χ1v) is 9.36. The van der Waals surface area contributed by atoms with E-state index in [1.165, 1.54) is 14.2 Å². The van der Waals surface area contributed by atoms with Gasteiger partial charge in [0.15, 0.2) is 11.5 Å². The molecule has 2 aliphatic heterocycles. The highest BCUT2D eigenvalue weighted by Crippen LogP contribution is 2.41. The fourth-order valence-corrected chi connectivity index (χ4v) is 4.19. The zero-order chi connectivity index (χ0) is 20.0. The maximum atomic E-state index is 13.2. The molecule has 2 atom stereocenters. The van der Waals surface area contributed by atoms with Crippen molar-refractivity contribution >= 4 is 39.1 Å². The van der Waals surface area contributed by atoms with Crippen molar-refractivity contribution in [3.8, 4) is 11.5 Å². The molecule has 0 aliphatic carbocycles. The molecule has 2 heterocycles. The number of carbonyl (C=O) groups excluding carboxylic acids is 2. The summed E-state index contributed by atoms with van der Waals surface area (Å²) in [6, 6.07) is 10.7. The van der Waals surface area contributed by atoms with Crippen molar-refractivity contribution in [2.45, 2.75) is 13.0 Å². The second-order valence-corrected chi connectivity index (χ2v) is 7.34. The molecule has 0 saturated carbocycles. The Balaban J connectivity index is 1.76. The summed E-state index contributed by atoms with van der Waals surface area (Å²) in [4.78, 5) is 32.7. The maximum absolute atomic E-state index is 13.2. The van der Waals surface area contributed by atoms with E-state index >= 15 is 0 Å². The molecule has 8 heteroatoms. The van der Waals surface area contributed by atoms with Gasteiger partial charge >= 0.3 is 0 Å². The molecule has 4 rings (SSSR count). The molecule has 7 nitrogen and oxygen atoms in total. The van der Waals surface area contributed by atoms with Crippen molar-refractivity contribution in [3.63, 3.8) is 0 Å². The fraction of sp³-hybridized carbons (Fsp3) is 0.250. The van der Waals surface area contributed by atoms with Gasteiger partial charge in [-0.1, -0.05) is 17.3 Å². The highest BCUT2D eigenvalue weighted by atomic mass is 79.9. The van der Waals surface area contributed by atoms with Crippen molar-refractivity contribution in [1.82, 2.24) is 0 Å². The molecule has 0 radical (unpaired) electrons. The summed E-state index contributed by atoms with van der Waals surface area (Å²) in [7, 11) is 3.03. The van der Waals surface area contributed by atoms with Gasteiger partial charge in [-0.25, -0.2) is 4.90 Å². The second-order valence-electron chi connectivity index (χ2n) is 6.49. The number of hydrogen-bond donors (Lipinski definition) is 0. The molecular formula is C20H17BrN2O5. The van der Waals surface area contributed by atoms with Crippen LogP contribution in [0.1, 0.15) is 11.1 Å². The number of aryl methyl sites for hydroxylation is 1. The van der Waals surface area contributed by atoms with Crippen LogP contribution in [0, 0.1) is 12.8 Å². The van der Waals surface area contributed by atoms with E-state index in [2.05, 4.69) is 21.1 Å². The van der Waals surface area contributed by atoms with Crippen LogP contribution in [0.15, 0.2) is 46.0 Å². The summed E-state index contributed by atoms with van der Waals surface area (Å²) in [6.45, 7) is 1.93. The summed E-state index contributed by atoms with van der Waals surface area (Å²) < 4.78 is 11.4. The molecule has 0 N–H and O–H groups in total. The molecule has 2 aromatic carbocycles. The van der Waals surface area contributed by atoms with Crippen LogP contribution in [0.3, 0.4) is 0 Å². The van der Waals surface area contributed by atoms with Gasteiger partial charge in [0.05, 0.1) is 19.9 Å². The maximum Gasteiger partial charge on any atom is 0.279 e. The van der Waals surface area contributed by atoms with Gasteiger partial charge in [-0.05, 0) is 52.7 Å². The molecule has 1 saturated heterocycles. The molecular weight excluding hydrogens is 428 g/mol. The van der Waals surface area contributed by atoms with Gasteiger partial charge in [-0.15, -0.1) is 0 Å². The highest BCUT2D eigenvalue weighted by molar-refractivity contribution is 9.10. The highest BCUT2D eigenvalue weighted by Gasteiger charge is 2.56. The van der Waals surface area contributed by atoms with Gasteiger partial charge in [-0.3, -0.25) is 9.59 Å². The topological polar surface area (TPSA) is 77.4 Å².